The first-order valence-corrected chi connectivity index (χ1v) is 4.82. The van der Waals surface area contributed by atoms with Crippen LogP contribution in [0.4, 0.5) is 0 Å². The quantitative estimate of drug-likeness (QED) is 0.628. The number of amides is 1. The van der Waals surface area contributed by atoms with Gasteiger partial charge in [0.05, 0.1) is 12.6 Å². The number of hydrogen-bond acceptors (Lipinski definition) is 3. The predicted octanol–water partition coefficient (Wildman–Crippen LogP) is -0.435. The molecule has 0 aromatic carbocycles. The van der Waals surface area contributed by atoms with Crippen LogP contribution in [0.5, 0.6) is 0 Å². The molecular formula is C9H18N2O2. The summed E-state index contributed by atoms with van der Waals surface area (Å²) in [5.41, 5.74) is 5.42. The second-order valence-electron chi connectivity index (χ2n) is 3.65. The van der Waals surface area contributed by atoms with Crippen LogP contribution < -0.4 is 5.73 Å². The molecule has 1 aliphatic rings. The lowest BCUT2D eigenvalue weighted by Crippen LogP contribution is -2.42. The van der Waals surface area contributed by atoms with Gasteiger partial charge in [-0.1, -0.05) is 6.92 Å². The van der Waals surface area contributed by atoms with Crippen LogP contribution in [0.2, 0.25) is 0 Å². The SMILES string of the molecule is CC(CN)C(=O)N1CCCC1CO. The summed E-state index contributed by atoms with van der Waals surface area (Å²) in [7, 11) is 0. The zero-order valence-electron chi connectivity index (χ0n) is 8.07. The maximum Gasteiger partial charge on any atom is 0.227 e. The molecule has 1 saturated heterocycles. The molecule has 2 unspecified atom stereocenters. The fourth-order valence-electron chi connectivity index (χ4n) is 1.70. The van der Waals surface area contributed by atoms with E-state index in [-0.39, 0.29) is 24.5 Å². The van der Waals surface area contributed by atoms with Crippen LogP contribution in [0.1, 0.15) is 19.8 Å². The highest BCUT2D eigenvalue weighted by Gasteiger charge is 2.29. The van der Waals surface area contributed by atoms with Crippen molar-refractivity contribution in [1.82, 2.24) is 4.90 Å². The normalized spacial score (nSPS) is 24.8. The Balaban J connectivity index is 2.54. The van der Waals surface area contributed by atoms with Crippen LogP contribution in [0.3, 0.4) is 0 Å². The van der Waals surface area contributed by atoms with Crippen molar-refractivity contribution in [1.29, 1.82) is 0 Å². The maximum atomic E-state index is 11.7. The predicted molar refractivity (Wildman–Crippen MR) is 50.0 cm³/mol. The Labute approximate surface area is 78.7 Å². The van der Waals surface area contributed by atoms with Crippen molar-refractivity contribution in [3.8, 4) is 0 Å². The molecule has 0 spiro atoms. The second kappa shape index (κ2) is 4.58. The molecule has 1 fully saturated rings. The van der Waals surface area contributed by atoms with Crippen molar-refractivity contribution in [2.75, 3.05) is 19.7 Å². The summed E-state index contributed by atoms with van der Waals surface area (Å²) in [6, 6.07) is 0.0292. The molecule has 0 radical (unpaired) electrons. The van der Waals surface area contributed by atoms with Gasteiger partial charge in [0.25, 0.3) is 0 Å². The Hall–Kier alpha value is -0.610. The fraction of sp³-hybridized carbons (Fsp3) is 0.889. The van der Waals surface area contributed by atoms with Gasteiger partial charge in [0.15, 0.2) is 0 Å². The first-order valence-electron chi connectivity index (χ1n) is 4.82. The number of nitrogens with two attached hydrogens (primary N) is 1. The van der Waals surface area contributed by atoms with Crippen molar-refractivity contribution in [2.45, 2.75) is 25.8 Å². The summed E-state index contributed by atoms with van der Waals surface area (Å²) in [5.74, 6) is -0.0359. The van der Waals surface area contributed by atoms with E-state index in [0.29, 0.717) is 6.54 Å². The molecule has 0 aromatic rings. The van der Waals surface area contributed by atoms with Gasteiger partial charge in [0.2, 0.25) is 5.91 Å². The lowest BCUT2D eigenvalue weighted by atomic mass is 10.1. The largest absolute Gasteiger partial charge is 0.394 e. The summed E-state index contributed by atoms with van der Waals surface area (Å²) in [4.78, 5) is 13.4. The summed E-state index contributed by atoms with van der Waals surface area (Å²) in [5, 5.41) is 9.01. The van der Waals surface area contributed by atoms with Gasteiger partial charge in [-0.2, -0.15) is 0 Å². The molecule has 1 aliphatic heterocycles. The number of hydrogen-bond donors (Lipinski definition) is 2. The molecule has 0 aromatic heterocycles. The van der Waals surface area contributed by atoms with Crippen molar-refractivity contribution in [3.05, 3.63) is 0 Å². The van der Waals surface area contributed by atoms with E-state index in [1.165, 1.54) is 0 Å². The monoisotopic (exact) mass is 186 g/mol. The average Bonchev–Trinajstić information content (AvgIpc) is 2.62. The zero-order valence-corrected chi connectivity index (χ0v) is 8.07. The van der Waals surface area contributed by atoms with Crippen molar-refractivity contribution in [3.63, 3.8) is 0 Å². The Morgan fingerprint density at radius 1 is 1.77 bits per heavy atom. The molecule has 4 nitrogen and oxygen atoms in total. The highest BCUT2D eigenvalue weighted by molar-refractivity contribution is 5.79. The first-order chi connectivity index (χ1) is 6.20. The van der Waals surface area contributed by atoms with E-state index in [1.54, 1.807) is 4.90 Å². The van der Waals surface area contributed by atoms with Crippen LogP contribution in [-0.2, 0) is 4.79 Å². The number of likely N-dealkylation sites (tertiary alicyclic amines) is 1. The second-order valence-corrected chi connectivity index (χ2v) is 3.65. The molecule has 0 saturated carbocycles. The van der Waals surface area contributed by atoms with Crippen LogP contribution in [-0.4, -0.2) is 41.7 Å². The third-order valence-corrected chi connectivity index (χ3v) is 2.65. The van der Waals surface area contributed by atoms with Crippen LogP contribution in [0, 0.1) is 5.92 Å². The van der Waals surface area contributed by atoms with E-state index in [0.717, 1.165) is 19.4 Å². The number of aliphatic hydroxyl groups excluding tert-OH is 1. The molecule has 0 bridgehead atoms. The van der Waals surface area contributed by atoms with Gasteiger partial charge >= 0.3 is 0 Å². The Kier molecular flexibility index (Phi) is 3.69. The minimum atomic E-state index is -0.118. The lowest BCUT2D eigenvalue weighted by Gasteiger charge is -2.25. The van der Waals surface area contributed by atoms with Crippen LogP contribution in [0.25, 0.3) is 0 Å². The summed E-state index contributed by atoms with van der Waals surface area (Å²) >= 11 is 0. The molecule has 4 heteroatoms. The minimum Gasteiger partial charge on any atom is -0.394 e. The van der Waals surface area contributed by atoms with E-state index in [4.69, 9.17) is 10.8 Å². The fourth-order valence-corrected chi connectivity index (χ4v) is 1.70. The molecule has 76 valence electrons. The highest BCUT2D eigenvalue weighted by Crippen LogP contribution is 2.18. The van der Waals surface area contributed by atoms with Crippen molar-refractivity contribution >= 4 is 5.91 Å². The van der Waals surface area contributed by atoms with Crippen molar-refractivity contribution < 1.29 is 9.90 Å². The smallest absolute Gasteiger partial charge is 0.227 e. The van der Waals surface area contributed by atoms with E-state index in [1.807, 2.05) is 6.92 Å². The van der Waals surface area contributed by atoms with Gasteiger partial charge in [-0.3, -0.25) is 4.79 Å². The third-order valence-electron chi connectivity index (χ3n) is 2.65. The number of rotatable bonds is 3. The highest BCUT2D eigenvalue weighted by atomic mass is 16.3. The standard InChI is InChI=1S/C9H18N2O2/c1-7(5-10)9(13)11-4-2-3-8(11)6-12/h7-8,12H,2-6,10H2,1H3. The average molecular weight is 186 g/mol. The van der Waals surface area contributed by atoms with E-state index in [2.05, 4.69) is 0 Å². The van der Waals surface area contributed by atoms with Gasteiger partial charge in [0.1, 0.15) is 0 Å². The molecule has 13 heavy (non-hydrogen) atoms. The van der Waals surface area contributed by atoms with Gasteiger partial charge < -0.3 is 15.7 Å². The zero-order chi connectivity index (χ0) is 9.84. The van der Waals surface area contributed by atoms with Gasteiger partial charge in [-0.15, -0.1) is 0 Å². The number of carbonyl (C=O) groups excluding carboxylic acids is 1. The van der Waals surface area contributed by atoms with Gasteiger partial charge in [-0.05, 0) is 12.8 Å². The first kappa shape index (κ1) is 10.5. The lowest BCUT2D eigenvalue weighted by molar-refractivity contribution is -0.136. The Bertz CT molecular complexity index is 184. The van der Waals surface area contributed by atoms with Crippen LogP contribution in [0.15, 0.2) is 0 Å². The summed E-state index contributed by atoms with van der Waals surface area (Å²) < 4.78 is 0. The Morgan fingerprint density at radius 3 is 3.00 bits per heavy atom. The molecular weight excluding hydrogens is 168 g/mol. The van der Waals surface area contributed by atoms with E-state index < -0.39 is 0 Å². The molecule has 1 heterocycles. The molecule has 1 rings (SSSR count). The third kappa shape index (κ3) is 2.19. The van der Waals surface area contributed by atoms with Gasteiger partial charge in [-0.25, -0.2) is 0 Å². The maximum absolute atomic E-state index is 11.7. The molecule has 0 aliphatic carbocycles. The number of carbonyl (C=O) groups is 1. The minimum absolute atomic E-state index is 0.0292. The topological polar surface area (TPSA) is 66.6 Å². The molecule has 2 atom stereocenters. The number of aliphatic hydroxyl groups is 1. The van der Waals surface area contributed by atoms with Gasteiger partial charge in [0, 0.05) is 19.0 Å². The van der Waals surface area contributed by atoms with Crippen molar-refractivity contribution in [2.24, 2.45) is 11.7 Å². The molecule has 1 amide bonds. The summed E-state index contributed by atoms with van der Waals surface area (Å²) in [6.07, 6.45) is 1.91. The van der Waals surface area contributed by atoms with Crippen LogP contribution >= 0.6 is 0 Å². The van der Waals surface area contributed by atoms with E-state index in [9.17, 15) is 4.79 Å². The molecule has 3 N–H and O–H groups in total. The van der Waals surface area contributed by atoms with E-state index >= 15 is 0 Å². The number of nitrogens with zero attached hydrogens (tertiary/aromatic N) is 1. The Morgan fingerprint density at radius 2 is 2.46 bits per heavy atom. The summed E-state index contributed by atoms with van der Waals surface area (Å²) in [6.45, 7) is 3.06.